The molecule has 0 fully saturated rings. The number of benzene rings is 3. The fourth-order valence-corrected chi connectivity index (χ4v) is 3.90. The van der Waals surface area contributed by atoms with Crippen molar-refractivity contribution in [2.75, 3.05) is 45.4 Å². The van der Waals surface area contributed by atoms with Gasteiger partial charge in [-0.1, -0.05) is 30.3 Å². The molecule has 1 aromatic heterocycles. The summed E-state index contributed by atoms with van der Waals surface area (Å²) in [5.74, 6) is 3.44. The molecule has 39 heavy (non-hydrogen) atoms. The van der Waals surface area contributed by atoms with Crippen LogP contribution in [0.5, 0.6) is 23.0 Å². The van der Waals surface area contributed by atoms with E-state index in [2.05, 4.69) is 33.3 Å². The van der Waals surface area contributed by atoms with Gasteiger partial charge in [-0.25, -0.2) is 9.97 Å². The van der Waals surface area contributed by atoms with Crippen LogP contribution in [0.2, 0.25) is 0 Å². The second-order valence-corrected chi connectivity index (χ2v) is 9.04. The number of nitrogens with one attached hydrogen (secondary N) is 1. The molecule has 4 rings (SSSR count). The minimum absolute atomic E-state index is 0.409. The van der Waals surface area contributed by atoms with E-state index in [-0.39, 0.29) is 0 Å². The standard InChI is InChI=1S/C30H35N5O4/c1-35(15-14-33-27-17-32-21-34-30(27)31)18-24-8-13-28(38-19-22-4-9-25(36-2)10-5-22)29(16-24)39-20-23-6-11-26(37-3)12-7-23/h4-13,16-17,21,33H,14-15,18-20H2,1-3H3,(H2,31,32,34). The summed E-state index contributed by atoms with van der Waals surface area (Å²) >= 11 is 0. The lowest BCUT2D eigenvalue weighted by Gasteiger charge is -2.19. The van der Waals surface area contributed by atoms with E-state index >= 15 is 0 Å². The van der Waals surface area contributed by atoms with E-state index in [1.54, 1.807) is 20.4 Å². The summed E-state index contributed by atoms with van der Waals surface area (Å²) in [6, 6.07) is 21.7. The van der Waals surface area contributed by atoms with Gasteiger partial charge in [0, 0.05) is 19.6 Å². The lowest BCUT2D eigenvalue weighted by molar-refractivity contribution is 0.255. The summed E-state index contributed by atoms with van der Waals surface area (Å²) in [6.07, 6.45) is 3.12. The Morgan fingerprint density at radius 3 is 1.97 bits per heavy atom. The van der Waals surface area contributed by atoms with Crippen molar-refractivity contribution in [1.29, 1.82) is 0 Å². The van der Waals surface area contributed by atoms with Crippen molar-refractivity contribution in [3.05, 3.63) is 95.9 Å². The zero-order chi connectivity index (χ0) is 27.5. The SMILES string of the molecule is COc1ccc(COc2ccc(CN(C)CCNc3cncnc3N)cc2OCc2ccc(OC)cc2)cc1. The molecule has 9 heteroatoms. The van der Waals surface area contributed by atoms with Gasteiger partial charge in [-0.2, -0.15) is 0 Å². The normalized spacial score (nSPS) is 10.8. The number of hydrogen-bond donors (Lipinski definition) is 2. The van der Waals surface area contributed by atoms with Crippen molar-refractivity contribution in [3.8, 4) is 23.0 Å². The number of methoxy groups -OCH3 is 2. The second kappa shape index (κ2) is 13.9. The van der Waals surface area contributed by atoms with Crippen molar-refractivity contribution in [3.63, 3.8) is 0 Å². The Labute approximate surface area is 229 Å². The Bertz CT molecular complexity index is 1320. The van der Waals surface area contributed by atoms with Crippen molar-refractivity contribution in [1.82, 2.24) is 14.9 Å². The van der Waals surface area contributed by atoms with Gasteiger partial charge in [0.15, 0.2) is 11.5 Å². The molecule has 0 atom stereocenters. The summed E-state index contributed by atoms with van der Waals surface area (Å²) in [7, 11) is 5.38. The van der Waals surface area contributed by atoms with Gasteiger partial charge in [-0.3, -0.25) is 0 Å². The smallest absolute Gasteiger partial charge is 0.162 e. The van der Waals surface area contributed by atoms with E-state index in [1.807, 2.05) is 60.7 Å². The lowest BCUT2D eigenvalue weighted by Crippen LogP contribution is -2.25. The van der Waals surface area contributed by atoms with Gasteiger partial charge >= 0.3 is 0 Å². The molecule has 204 valence electrons. The first-order valence-electron chi connectivity index (χ1n) is 12.7. The predicted octanol–water partition coefficient (Wildman–Crippen LogP) is 4.78. The highest BCUT2D eigenvalue weighted by atomic mass is 16.5. The van der Waals surface area contributed by atoms with E-state index in [0.29, 0.717) is 37.1 Å². The van der Waals surface area contributed by atoms with Crippen LogP contribution >= 0.6 is 0 Å². The van der Waals surface area contributed by atoms with Crippen molar-refractivity contribution < 1.29 is 18.9 Å². The van der Waals surface area contributed by atoms with Crippen LogP contribution in [-0.4, -0.2) is 49.2 Å². The molecule has 0 aliphatic rings. The van der Waals surface area contributed by atoms with Crippen LogP contribution in [0, 0.1) is 0 Å². The molecule has 9 nitrogen and oxygen atoms in total. The van der Waals surface area contributed by atoms with Crippen LogP contribution in [0.1, 0.15) is 16.7 Å². The van der Waals surface area contributed by atoms with Crippen LogP contribution in [0.4, 0.5) is 11.5 Å². The van der Waals surface area contributed by atoms with Crippen LogP contribution < -0.4 is 30.0 Å². The van der Waals surface area contributed by atoms with Crippen molar-refractivity contribution in [2.45, 2.75) is 19.8 Å². The van der Waals surface area contributed by atoms with Crippen LogP contribution in [0.25, 0.3) is 0 Å². The molecule has 0 amide bonds. The number of nitrogens with two attached hydrogens (primary N) is 1. The molecule has 4 aromatic rings. The number of aromatic nitrogens is 2. The Morgan fingerprint density at radius 1 is 0.795 bits per heavy atom. The third-order valence-corrected chi connectivity index (χ3v) is 6.12. The zero-order valence-electron chi connectivity index (χ0n) is 22.6. The second-order valence-electron chi connectivity index (χ2n) is 9.04. The molecular weight excluding hydrogens is 494 g/mol. The largest absolute Gasteiger partial charge is 0.497 e. The molecule has 0 saturated heterocycles. The molecular formula is C30H35N5O4. The summed E-state index contributed by atoms with van der Waals surface area (Å²) in [5.41, 5.74) is 9.81. The van der Waals surface area contributed by atoms with Gasteiger partial charge in [0.25, 0.3) is 0 Å². The molecule has 0 aliphatic carbocycles. The van der Waals surface area contributed by atoms with E-state index < -0.39 is 0 Å². The summed E-state index contributed by atoms with van der Waals surface area (Å²) in [6.45, 7) is 3.07. The molecule has 0 bridgehead atoms. The van der Waals surface area contributed by atoms with E-state index in [4.69, 9.17) is 24.7 Å². The maximum Gasteiger partial charge on any atom is 0.162 e. The van der Waals surface area contributed by atoms with Gasteiger partial charge in [0.2, 0.25) is 0 Å². The molecule has 0 saturated carbocycles. The van der Waals surface area contributed by atoms with Gasteiger partial charge < -0.3 is 34.9 Å². The molecule has 0 aliphatic heterocycles. The Morgan fingerprint density at radius 2 is 1.38 bits per heavy atom. The monoisotopic (exact) mass is 529 g/mol. The number of rotatable bonds is 14. The quantitative estimate of drug-likeness (QED) is 0.239. The van der Waals surface area contributed by atoms with Gasteiger partial charge in [0.05, 0.1) is 26.1 Å². The van der Waals surface area contributed by atoms with E-state index in [9.17, 15) is 0 Å². The Balaban J connectivity index is 1.41. The summed E-state index contributed by atoms with van der Waals surface area (Å²) in [5, 5.41) is 3.28. The predicted molar refractivity (Wildman–Crippen MR) is 152 cm³/mol. The number of nitrogens with zero attached hydrogens (tertiary/aromatic N) is 3. The topological polar surface area (TPSA) is 104 Å². The molecule has 1 heterocycles. The number of likely N-dealkylation sites (N-methyl/N-ethyl adjacent to an activating group) is 1. The number of hydrogen-bond acceptors (Lipinski definition) is 9. The van der Waals surface area contributed by atoms with Crippen molar-refractivity contribution in [2.24, 2.45) is 0 Å². The minimum atomic E-state index is 0.409. The number of nitrogen functional groups attached to an aromatic ring is 1. The maximum atomic E-state index is 6.25. The van der Waals surface area contributed by atoms with E-state index in [1.165, 1.54) is 6.33 Å². The lowest BCUT2D eigenvalue weighted by atomic mass is 10.1. The van der Waals surface area contributed by atoms with Crippen LogP contribution in [0.3, 0.4) is 0 Å². The average Bonchev–Trinajstić information content (AvgIpc) is 2.97. The Hall–Kier alpha value is -4.50. The molecule has 3 N–H and O–H groups in total. The highest BCUT2D eigenvalue weighted by Crippen LogP contribution is 2.31. The number of anilines is 2. The van der Waals surface area contributed by atoms with Crippen molar-refractivity contribution >= 4 is 11.5 Å². The average molecular weight is 530 g/mol. The molecule has 0 spiro atoms. The Kier molecular flexibility index (Phi) is 9.80. The molecule has 0 radical (unpaired) electrons. The third kappa shape index (κ3) is 8.24. The van der Waals surface area contributed by atoms with Crippen LogP contribution in [0.15, 0.2) is 79.3 Å². The first-order valence-corrected chi connectivity index (χ1v) is 12.7. The fraction of sp³-hybridized carbons (Fsp3) is 0.267. The van der Waals surface area contributed by atoms with Gasteiger partial charge in [0.1, 0.15) is 36.9 Å². The summed E-state index contributed by atoms with van der Waals surface area (Å²) in [4.78, 5) is 10.2. The zero-order valence-corrected chi connectivity index (χ0v) is 22.6. The number of ether oxygens (including phenoxy) is 4. The maximum absolute atomic E-state index is 6.25. The van der Waals surface area contributed by atoms with Crippen LogP contribution in [-0.2, 0) is 19.8 Å². The molecule has 3 aromatic carbocycles. The van der Waals surface area contributed by atoms with E-state index in [0.717, 1.165) is 47.0 Å². The highest BCUT2D eigenvalue weighted by molar-refractivity contribution is 5.59. The first kappa shape index (κ1) is 27.5. The van der Waals surface area contributed by atoms with Gasteiger partial charge in [-0.05, 0) is 60.1 Å². The fourth-order valence-electron chi connectivity index (χ4n) is 3.90. The highest BCUT2D eigenvalue weighted by Gasteiger charge is 2.11. The first-order chi connectivity index (χ1) is 19.0. The minimum Gasteiger partial charge on any atom is -0.497 e. The third-order valence-electron chi connectivity index (χ3n) is 6.12. The molecule has 0 unspecified atom stereocenters. The van der Waals surface area contributed by atoms with Gasteiger partial charge in [-0.15, -0.1) is 0 Å². The summed E-state index contributed by atoms with van der Waals surface area (Å²) < 4.78 is 22.9.